The van der Waals surface area contributed by atoms with E-state index in [9.17, 15) is 9.18 Å². The molecule has 116 valence electrons. The summed E-state index contributed by atoms with van der Waals surface area (Å²) in [6.07, 6.45) is 1.97. The first-order valence-electron chi connectivity index (χ1n) is 7.10. The average Bonchev–Trinajstić information content (AvgIpc) is 2.47. The molecule has 5 nitrogen and oxygen atoms in total. The highest BCUT2D eigenvalue weighted by Crippen LogP contribution is 2.28. The Kier molecular flexibility index (Phi) is 5.01. The van der Waals surface area contributed by atoms with Crippen molar-refractivity contribution in [3.8, 4) is 0 Å². The van der Waals surface area contributed by atoms with Gasteiger partial charge in [-0.2, -0.15) is 0 Å². The number of hydrogen-bond acceptors (Lipinski definition) is 5. The van der Waals surface area contributed by atoms with Crippen LogP contribution >= 0.6 is 0 Å². The van der Waals surface area contributed by atoms with Crippen molar-refractivity contribution < 1.29 is 18.7 Å². The van der Waals surface area contributed by atoms with Gasteiger partial charge in [-0.15, -0.1) is 0 Å². The third kappa shape index (κ3) is 3.44. The minimum atomic E-state index is -0.563. The SMILES string of the molecule is CCOC1CCCN(c2cc(C(=O)OC)c(N)cc2F)C1. The van der Waals surface area contributed by atoms with E-state index in [4.69, 9.17) is 10.5 Å². The molecule has 1 fully saturated rings. The molecule has 1 heterocycles. The van der Waals surface area contributed by atoms with Gasteiger partial charge in [-0.3, -0.25) is 0 Å². The molecule has 0 aromatic heterocycles. The number of rotatable bonds is 4. The summed E-state index contributed by atoms with van der Waals surface area (Å²) < 4.78 is 24.5. The molecule has 1 aromatic carbocycles. The summed E-state index contributed by atoms with van der Waals surface area (Å²) in [7, 11) is 1.27. The van der Waals surface area contributed by atoms with Gasteiger partial charge in [0.25, 0.3) is 0 Å². The molecule has 1 aliphatic rings. The number of carbonyl (C=O) groups excluding carboxylic acids is 1. The zero-order valence-electron chi connectivity index (χ0n) is 12.4. The van der Waals surface area contributed by atoms with Crippen LogP contribution in [0.2, 0.25) is 0 Å². The van der Waals surface area contributed by atoms with Gasteiger partial charge in [-0.25, -0.2) is 9.18 Å². The van der Waals surface area contributed by atoms with Crippen LogP contribution in [0.15, 0.2) is 12.1 Å². The molecule has 1 atom stereocenters. The van der Waals surface area contributed by atoms with Crippen molar-refractivity contribution in [2.45, 2.75) is 25.9 Å². The lowest BCUT2D eigenvalue weighted by atomic mass is 10.1. The number of nitrogens with two attached hydrogens (primary N) is 1. The van der Waals surface area contributed by atoms with Gasteiger partial charge in [0.1, 0.15) is 5.82 Å². The Morgan fingerprint density at radius 2 is 2.29 bits per heavy atom. The molecule has 6 heteroatoms. The largest absolute Gasteiger partial charge is 0.465 e. The molecule has 1 saturated heterocycles. The Labute approximate surface area is 123 Å². The Morgan fingerprint density at radius 3 is 2.95 bits per heavy atom. The lowest BCUT2D eigenvalue weighted by molar-refractivity contribution is 0.0525. The molecule has 1 aromatic rings. The quantitative estimate of drug-likeness (QED) is 0.681. The number of nitrogen functional groups attached to an aromatic ring is 1. The van der Waals surface area contributed by atoms with Gasteiger partial charge in [-0.05, 0) is 31.9 Å². The monoisotopic (exact) mass is 296 g/mol. The standard InChI is InChI=1S/C15H21FN2O3/c1-3-21-10-5-4-6-18(9-10)14-7-11(15(19)20-2)13(17)8-12(14)16/h7-8,10H,3-6,9,17H2,1-2H3. The number of halogens is 1. The predicted octanol–water partition coefficient (Wildman–Crippen LogP) is 2.20. The van der Waals surface area contributed by atoms with Crippen LogP contribution in [0, 0.1) is 5.82 Å². The van der Waals surface area contributed by atoms with Crippen LogP contribution in [0.4, 0.5) is 15.8 Å². The van der Waals surface area contributed by atoms with Crippen molar-refractivity contribution in [1.29, 1.82) is 0 Å². The lowest BCUT2D eigenvalue weighted by Crippen LogP contribution is -2.40. The maximum Gasteiger partial charge on any atom is 0.340 e. The number of hydrogen-bond donors (Lipinski definition) is 1. The number of ether oxygens (including phenoxy) is 2. The fourth-order valence-corrected chi connectivity index (χ4v) is 2.64. The zero-order valence-corrected chi connectivity index (χ0v) is 12.4. The minimum Gasteiger partial charge on any atom is -0.465 e. The second kappa shape index (κ2) is 6.76. The van der Waals surface area contributed by atoms with Crippen molar-refractivity contribution in [3.05, 3.63) is 23.5 Å². The Bertz CT molecular complexity index is 520. The van der Waals surface area contributed by atoms with Gasteiger partial charge in [0.05, 0.1) is 24.5 Å². The fraction of sp³-hybridized carbons (Fsp3) is 0.533. The molecule has 0 aliphatic carbocycles. The van der Waals surface area contributed by atoms with Crippen LogP contribution in [-0.2, 0) is 9.47 Å². The lowest BCUT2D eigenvalue weighted by Gasteiger charge is -2.34. The second-order valence-corrected chi connectivity index (χ2v) is 5.05. The first kappa shape index (κ1) is 15.6. The van der Waals surface area contributed by atoms with E-state index >= 15 is 0 Å². The maximum atomic E-state index is 14.2. The molecular formula is C15H21FN2O3. The van der Waals surface area contributed by atoms with E-state index in [-0.39, 0.29) is 17.4 Å². The molecule has 0 spiro atoms. The van der Waals surface area contributed by atoms with Crippen molar-refractivity contribution in [2.24, 2.45) is 0 Å². The minimum absolute atomic E-state index is 0.0847. The molecule has 1 aliphatic heterocycles. The van der Waals surface area contributed by atoms with Crippen LogP contribution in [0.5, 0.6) is 0 Å². The molecule has 1 unspecified atom stereocenters. The number of benzene rings is 1. The predicted molar refractivity (Wildman–Crippen MR) is 79.0 cm³/mol. The van der Waals surface area contributed by atoms with Gasteiger partial charge >= 0.3 is 5.97 Å². The molecule has 0 saturated carbocycles. The third-order valence-corrected chi connectivity index (χ3v) is 3.65. The van der Waals surface area contributed by atoms with Gasteiger partial charge in [0, 0.05) is 25.4 Å². The molecule has 21 heavy (non-hydrogen) atoms. The summed E-state index contributed by atoms with van der Waals surface area (Å²) in [5.41, 5.74) is 6.33. The highest BCUT2D eigenvalue weighted by molar-refractivity contribution is 5.96. The van der Waals surface area contributed by atoms with Crippen LogP contribution in [0.1, 0.15) is 30.1 Å². The Hall–Kier alpha value is -1.82. The van der Waals surface area contributed by atoms with Gasteiger partial charge in [-0.1, -0.05) is 0 Å². The average molecular weight is 296 g/mol. The van der Waals surface area contributed by atoms with Gasteiger partial charge < -0.3 is 20.1 Å². The molecular weight excluding hydrogens is 275 g/mol. The van der Waals surface area contributed by atoms with E-state index in [1.165, 1.54) is 19.2 Å². The van der Waals surface area contributed by atoms with Gasteiger partial charge in [0.2, 0.25) is 0 Å². The topological polar surface area (TPSA) is 64.8 Å². The summed E-state index contributed by atoms with van der Waals surface area (Å²) in [6, 6.07) is 2.64. The number of piperidine rings is 1. The van der Waals surface area contributed by atoms with Crippen LogP contribution < -0.4 is 10.6 Å². The number of carbonyl (C=O) groups is 1. The van der Waals surface area contributed by atoms with Crippen molar-refractivity contribution >= 4 is 17.3 Å². The van der Waals surface area contributed by atoms with E-state index in [2.05, 4.69) is 4.74 Å². The van der Waals surface area contributed by atoms with Crippen LogP contribution in [0.25, 0.3) is 0 Å². The summed E-state index contributed by atoms with van der Waals surface area (Å²) >= 11 is 0. The highest BCUT2D eigenvalue weighted by Gasteiger charge is 2.24. The number of anilines is 2. The first-order valence-corrected chi connectivity index (χ1v) is 7.10. The first-order chi connectivity index (χ1) is 10.1. The van der Waals surface area contributed by atoms with E-state index < -0.39 is 11.8 Å². The van der Waals surface area contributed by atoms with Crippen molar-refractivity contribution in [1.82, 2.24) is 0 Å². The van der Waals surface area contributed by atoms with E-state index in [1.807, 2.05) is 11.8 Å². The number of nitrogens with zero attached hydrogens (tertiary/aromatic N) is 1. The van der Waals surface area contributed by atoms with Crippen LogP contribution in [-0.4, -0.2) is 38.9 Å². The summed E-state index contributed by atoms with van der Waals surface area (Å²) in [4.78, 5) is 13.6. The fourth-order valence-electron chi connectivity index (χ4n) is 2.64. The summed E-state index contributed by atoms with van der Waals surface area (Å²) in [5.74, 6) is -0.996. The van der Waals surface area contributed by atoms with Crippen molar-refractivity contribution in [2.75, 3.05) is 37.4 Å². The molecule has 0 bridgehead atoms. The van der Waals surface area contributed by atoms with Crippen molar-refractivity contribution in [3.63, 3.8) is 0 Å². The smallest absolute Gasteiger partial charge is 0.340 e. The molecule has 2 rings (SSSR count). The number of methoxy groups -OCH3 is 1. The van der Waals surface area contributed by atoms with E-state index in [0.717, 1.165) is 19.4 Å². The summed E-state index contributed by atoms with van der Waals surface area (Å²) in [5, 5.41) is 0. The van der Waals surface area contributed by atoms with Crippen LogP contribution in [0.3, 0.4) is 0 Å². The normalized spacial score (nSPS) is 18.6. The number of esters is 1. The Morgan fingerprint density at radius 1 is 1.52 bits per heavy atom. The van der Waals surface area contributed by atoms with E-state index in [0.29, 0.717) is 18.8 Å². The Balaban J connectivity index is 2.28. The third-order valence-electron chi connectivity index (χ3n) is 3.65. The molecule has 0 amide bonds. The summed E-state index contributed by atoms with van der Waals surface area (Å²) in [6.45, 7) is 3.91. The van der Waals surface area contributed by atoms with Gasteiger partial charge in [0.15, 0.2) is 0 Å². The molecule has 0 radical (unpaired) electrons. The second-order valence-electron chi connectivity index (χ2n) is 5.05. The van der Waals surface area contributed by atoms with E-state index in [1.54, 1.807) is 0 Å². The highest BCUT2D eigenvalue weighted by atomic mass is 19.1. The maximum absolute atomic E-state index is 14.2. The molecule has 2 N–H and O–H groups in total. The zero-order chi connectivity index (χ0) is 15.4.